The van der Waals surface area contributed by atoms with Crippen LogP contribution in [-0.4, -0.2) is 43.7 Å². The van der Waals surface area contributed by atoms with Crippen molar-refractivity contribution in [2.45, 2.75) is 33.1 Å². The van der Waals surface area contributed by atoms with Gasteiger partial charge in [0.05, 0.1) is 0 Å². The fraction of sp³-hybridized carbons (Fsp3) is 0.917. The zero-order valence-electron chi connectivity index (χ0n) is 10.6. The first-order valence-electron chi connectivity index (χ1n) is 6.47. The number of piperidine rings is 1. The number of hydrogen-bond donors (Lipinski definition) is 2. The van der Waals surface area contributed by atoms with Crippen molar-refractivity contribution in [3.8, 4) is 0 Å². The summed E-state index contributed by atoms with van der Waals surface area (Å²) in [5, 5.41) is 6.22. The second kappa shape index (κ2) is 7.49. The summed E-state index contributed by atoms with van der Waals surface area (Å²) in [5.74, 6) is 0.654. The third-order valence-corrected chi connectivity index (χ3v) is 3.00. The SMILES string of the molecule is CCNCCCNC(=O)N1CCCC(C)C1. The van der Waals surface area contributed by atoms with E-state index in [2.05, 4.69) is 24.5 Å². The Hall–Kier alpha value is -0.770. The third-order valence-electron chi connectivity index (χ3n) is 3.00. The number of urea groups is 1. The summed E-state index contributed by atoms with van der Waals surface area (Å²) >= 11 is 0. The van der Waals surface area contributed by atoms with Crippen LogP contribution in [-0.2, 0) is 0 Å². The van der Waals surface area contributed by atoms with Crippen molar-refractivity contribution in [3.63, 3.8) is 0 Å². The topological polar surface area (TPSA) is 44.4 Å². The van der Waals surface area contributed by atoms with E-state index < -0.39 is 0 Å². The quantitative estimate of drug-likeness (QED) is 0.698. The number of amides is 2. The van der Waals surface area contributed by atoms with E-state index in [0.717, 1.165) is 45.6 Å². The highest BCUT2D eigenvalue weighted by Gasteiger charge is 2.20. The average Bonchev–Trinajstić information content (AvgIpc) is 2.28. The van der Waals surface area contributed by atoms with E-state index in [4.69, 9.17) is 0 Å². The molecule has 0 aromatic carbocycles. The normalized spacial score (nSPS) is 20.9. The first kappa shape index (κ1) is 13.3. The van der Waals surface area contributed by atoms with E-state index in [9.17, 15) is 4.79 Å². The lowest BCUT2D eigenvalue weighted by Crippen LogP contribution is -2.45. The molecule has 1 fully saturated rings. The smallest absolute Gasteiger partial charge is 0.317 e. The summed E-state index contributed by atoms with van der Waals surface area (Å²) in [4.78, 5) is 13.7. The highest BCUT2D eigenvalue weighted by Crippen LogP contribution is 2.14. The Labute approximate surface area is 98.8 Å². The highest BCUT2D eigenvalue weighted by molar-refractivity contribution is 5.74. The van der Waals surface area contributed by atoms with E-state index >= 15 is 0 Å². The second-order valence-corrected chi connectivity index (χ2v) is 4.63. The van der Waals surface area contributed by atoms with Gasteiger partial charge in [-0.2, -0.15) is 0 Å². The minimum Gasteiger partial charge on any atom is -0.338 e. The number of nitrogens with one attached hydrogen (secondary N) is 2. The van der Waals surface area contributed by atoms with Crippen molar-refractivity contribution in [2.24, 2.45) is 5.92 Å². The first-order valence-corrected chi connectivity index (χ1v) is 6.47. The van der Waals surface area contributed by atoms with Crippen LogP contribution in [0, 0.1) is 5.92 Å². The van der Waals surface area contributed by atoms with Crippen LogP contribution < -0.4 is 10.6 Å². The van der Waals surface area contributed by atoms with Gasteiger partial charge in [-0.05, 0) is 38.3 Å². The predicted octanol–water partition coefficient (Wildman–Crippen LogP) is 1.43. The maximum absolute atomic E-state index is 11.8. The Bertz CT molecular complexity index is 208. The Morgan fingerprint density at radius 3 is 2.94 bits per heavy atom. The Morgan fingerprint density at radius 1 is 1.44 bits per heavy atom. The van der Waals surface area contributed by atoms with Crippen LogP contribution in [0.1, 0.15) is 33.1 Å². The average molecular weight is 227 g/mol. The van der Waals surface area contributed by atoms with Crippen LogP contribution in [0.15, 0.2) is 0 Å². The van der Waals surface area contributed by atoms with Gasteiger partial charge in [0.15, 0.2) is 0 Å². The van der Waals surface area contributed by atoms with Crippen LogP contribution in [0.4, 0.5) is 4.79 Å². The first-order chi connectivity index (χ1) is 7.74. The van der Waals surface area contributed by atoms with Gasteiger partial charge in [0, 0.05) is 19.6 Å². The number of carbonyl (C=O) groups is 1. The fourth-order valence-electron chi connectivity index (χ4n) is 2.07. The molecule has 4 heteroatoms. The van der Waals surface area contributed by atoms with E-state index in [1.807, 2.05) is 4.90 Å². The molecule has 0 bridgehead atoms. The van der Waals surface area contributed by atoms with E-state index in [1.54, 1.807) is 0 Å². The summed E-state index contributed by atoms with van der Waals surface area (Å²) < 4.78 is 0. The molecule has 2 amide bonds. The molecule has 0 aliphatic carbocycles. The maximum Gasteiger partial charge on any atom is 0.317 e. The number of likely N-dealkylation sites (tertiary alicyclic amines) is 1. The van der Waals surface area contributed by atoms with Crippen LogP contribution in [0.5, 0.6) is 0 Å². The zero-order chi connectivity index (χ0) is 11.8. The molecule has 2 N–H and O–H groups in total. The van der Waals surface area contributed by atoms with Gasteiger partial charge in [-0.25, -0.2) is 4.79 Å². The zero-order valence-corrected chi connectivity index (χ0v) is 10.6. The van der Waals surface area contributed by atoms with Crippen molar-refractivity contribution in [3.05, 3.63) is 0 Å². The van der Waals surface area contributed by atoms with E-state index in [-0.39, 0.29) is 6.03 Å². The number of carbonyl (C=O) groups excluding carboxylic acids is 1. The number of rotatable bonds is 5. The minimum absolute atomic E-state index is 0.114. The molecule has 1 aliphatic rings. The molecule has 0 spiro atoms. The summed E-state index contributed by atoms with van der Waals surface area (Å²) in [5.41, 5.74) is 0. The van der Waals surface area contributed by atoms with E-state index in [0.29, 0.717) is 5.92 Å². The molecular formula is C12H25N3O. The van der Waals surface area contributed by atoms with Crippen molar-refractivity contribution in [2.75, 3.05) is 32.7 Å². The molecular weight excluding hydrogens is 202 g/mol. The van der Waals surface area contributed by atoms with Gasteiger partial charge in [-0.1, -0.05) is 13.8 Å². The lowest BCUT2D eigenvalue weighted by molar-refractivity contribution is 0.170. The van der Waals surface area contributed by atoms with Gasteiger partial charge in [-0.15, -0.1) is 0 Å². The standard InChI is InChI=1S/C12H25N3O/c1-3-13-7-5-8-14-12(16)15-9-4-6-11(2)10-15/h11,13H,3-10H2,1-2H3,(H,14,16). The molecule has 0 aromatic heterocycles. The number of nitrogens with zero attached hydrogens (tertiary/aromatic N) is 1. The Kier molecular flexibility index (Phi) is 6.23. The molecule has 0 radical (unpaired) electrons. The van der Waals surface area contributed by atoms with Gasteiger partial charge in [0.25, 0.3) is 0 Å². The van der Waals surface area contributed by atoms with Crippen molar-refractivity contribution >= 4 is 6.03 Å². The second-order valence-electron chi connectivity index (χ2n) is 4.63. The Balaban J connectivity index is 2.09. The maximum atomic E-state index is 11.8. The molecule has 0 aromatic rings. The summed E-state index contributed by atoms with van der Waals surface area (Å²) in [6.07, 6.45) is 3.40. The molecule has 0 saturated carbocycles. The van der Waals surface area contributed by atoms with Gasteiger partial charge in [0.1, 0.15) is 0 Å². The minimum atomic E-state index is 0.114. The molecule has 1 heterocycles. The largest absolute Gasteiger partial charge is 0.338 e. The van der Waals surface area contributed by atoms with Crippen LogP contribution in [0.25, 0.3) is 0 Å². The summed E-state index contributed by atoms with van der Waals surface area (Å²) in [7, 11) is 0. The van der Waals surface area contributed by atoms with Gasteiger partial charge < -0.3 is 15.5 Å². The lowest BCUT2D eigenvalue weighted by atomic mass is 10.0. The molecule has 1 saturated heterocycles. The molecule has 1 aliphatic heterocycles. The Morgan fingerprint density at radius 2 is 2.25 bits per heavy atom. The van der Waals surface area contributed by atoms with Crippen molar-refractivity contribution < 1.29 is 4.79 Å². The van der Waals surface area contributed by atoms with Crippen molar-refractivity contribution in [1.82, 2.24) is 15.5 Å². The molecule has 1 atom stereocenters. The van der Waals surface area contributed by atoms with E-state index in [1.165, 1.54) is 6.42 Å². The van der Waals surface area contributed by atoms with Crippen molar-refractivity contribution in [1.29, 1.82) is 0 Å². The molecule has 1 rings (SSSR count). The molecule has 94 valence electrons. The lowest BCUT2D eigenvalue weighted by Gasteiger charge is -2.30. The molecule has 4 nitrogen and oxygen atoms in total. The van der Waals surface area contributed by atoms with Crippen LogP contribution >= 0.6 is 0 Å². The van der Waals surface area contributed by atoms with Gasteiger partial charge in [0.2, 0.25) is 0 Å². The number of hydrogen-bond acceptors (Lipinski definition) is 2. The monoisotopic (exact) mass is 227 g/mol. The highest BCUT2D eigenvalue weighted by atomic mass is 16.2. The molecule has 1 unspecified atom stereocenters. The van der Waals surface area contributed by atoms with Crippen LogP contribution in [0.3, 0.4) is 0 Å². The fourth-order valence-corrected chi connectivity index (χ4v) is 2.07. The van der Waals surface area contributed by atoms with Gasteiger partial charge in [-0.3, -0.25) is 0 Å². The third kappa shape index (κ3) is 4.84. The summed E-state index contributed by atoms with van der Waals surface area (Å²) in [6, 6.07) is 0.114. The van der Waals surface area contributed by atoms with Crippen LogP contribution in [0.2, 0.25) is 0 Å². The molecule has 16 heavy (non-hydrogen) atoms. The predicted molar refractivity (Wildman–Crippen MR) is 66.5 cm³/mol. The summed E-state index contributed by atoms with van der Waals surface area (Å²) in [6.45, 7) is 8.89. The van der Waals surface area contributed by atoms with Gasteiger partial charge >= 0.3 is 6.03 Å².